The third-order valence-corrected chi connectivity index (χ3v) is 3.69. The molecule has 0 saturated carbocycles. The first-order chi connectivity index (χ1) is 7.79. The number of para-hydroxylation sites is 1. The first kappa shape index (κ1) is 9.79. The van der Waals surface area contributed by atoms with E-state index in [0.29, 0.717) is 0 Å². The maximum absolute atomic E-state index is 3.48. The molecule has 3 aromatic rings. The largest absolute Gasteiger partial charge is 0.354 e. The number of aromatic amines is 1. The number of rotatable bonds is 1. The molecule has 0 saturated heterocycles. The number of H-pyrrole nitrogens is 1. The van der Waals surface area contributed by atoms with Gasteiger partial charge >= 0.3 is 0 Å². The minimum Gasteiger partial charge on any atom is -0.354 e. The number of aromatic nitrogens is 1. The van der Waals surface area contributed by atoms with Gasteiger partial charge in [0.1, 0.15) is 0 Å². The molecule has 0 radical (unpaired) electrons. The fourth-order valence-electron chi connectivity index (χ4n) is 2.25. The molecule has 3 rings (SSSR count). The number of nitrogens with one attached hydrogen (secondary N) is 1. The third kappa shape index (κ3) is 1.34. The van der Waals surface area contributed by atoms with Crippen LogP contribution in [0, 0.1) is 6.92 Å². The van der Waals surface area contributed by atoms with Crippen LogP contribution in [0.2, 0.25) is 0 Å². The molecule has 0 bridgehead atoms. The van der Waals surface area contributed by atoms with Crippen LogP contribution in [0.3, 0.4) is 0 Å². The number of hydrogen-bond acceptors (Lipinski definition) is 1. The average Bonchev–Trinajstić information content (AvgIpc) is 2.65. The normalized spacial score (nSPS) is 11.4. The minimum absolute atomic E-state index is 1.22. The Morgan fingerprint density at radius 3 is 2.69 bits per heavy atom. The predicted octanol–water partition coefficient (Wildman–Crippen LogP) is 4.35. The maximum Gasteiger partial charge on any atom is 0.0478 e. The Hall–Kier alpha value is -1.41. The number of benzene rings is 2. The summed E-state index contributed by atoms with van der Waals surface area (Å²) in [4.78, 5) is 4.83. The lowest BCUT2D eigenvalue weighted by Crippen LogP contribution is -1.77. The van der Waals surface area contributed by atoms with Gasteiger partial charge in [-0.15, -0.1) is 11.8 Å². The van der Waals surface area contributed by atoms with E-state index in [1.807, 2.05) is 11.8 Å². The fourth-order valence-corrected chi connectivity index (χ4v) is 2.97. The van der Waals surface area contributed by atoms with Crippen molar-refractivity contribution in [2.75, 3.05) is 6.26 Å². The second-order valence-corrected chi connectivity index (χ2v) is 4.91. The van der Waals surface area contributed by atoms with E-state index >= 15 is 0 Å². The van der Waals surface area contributed by atoms with Gasteiger partial charge in [-0.2, -0.15) is 0 Å². The molecule has 16 heavy (non-hydrogen) atoms. The van der Waals surface area contributed by atoms with Gasteiger partial charge < -0.3 is 4.98 Å². The van der Waals surface area contributed by atoms with Crippen molar-refractivity contribution in [2.24, 2.45) is 0 Å². The molecule has 0 aliphatic carbocycles. The third-order valence-electron chi connectivity index (χ3n) is 2.93. The van der Waals surface area contributed by atoms with Gasteiger partial charge in [-0.05, 0) is 36.9 Å². The summed E-state index contributed by atoms with van der Waals surface area (Å²) in [5, 5.41) is 2.68. The van der Waals surface area contributed by atoms with Gasteiger partial charge in [0.15, 0.2) is 0 Å². The summed E-state index contributed by atoms with van der Waals surface area (Å²) in [6.07, 6.45) is 2.13. The molecule has 0 aliphatic heterocycles. The van der Waals surface area contributed by atoms with E-state index in [-0.39, 0.29) is 0 Å². The molecular formula is C14H13NS. The second kappa shape index (κ2) is 3.56. The van der Waals surface area contributed by atoms with E-state index in [2.05, 4.69) is 54.6 Å². The van der Waals surface area contributed by atoms with Crippen LogP contribution >= 0.6 is 11.8 Å². The number of aryl methyl sites for hydroxylation is 1. The minimum atomic E-state index is 1.22. The van der Waals surface area contributed by atoms with E-state index in [1.54, 1.807) is 0 Å². The molecule has 80 valence electrons. The van der Waals surface area contributed by atoms with Gasteiger partial charge in [-0.1, -0.05) is 18.2 Å². The van der Waals surface area contributed by atoms with Crippen molar-refractivity contribution in [3.63, 3.8) is 0 Å². The smallest absolute Gasteiger partial charge is 0.0478 e. The highest BCUT2D eigenvalue weighted by atomic mass is 32.2. The van der Waals surface area contributed by atoms with E-state index in [9.17, 15) is 0 Å². The van der Waals surface area contributed by atoms with Crippen LogP contribution in [0.15, 0.2) is 41.3 Å². The highest BCUT2D eigenvalue weighted by molar-refractivity contribution is 7.98. The number of fused-ring (bicyclic) bond motifs is 3. The van der Waals surface area contributed by atoms with Gasteiger partial charge in [0, 0.05) is 26.7 Å². The highest BCUT2D eigenvalue weighted by Crippen LogP contribution is 2.33. The Labute approximate surface area is 98.9 Å². The van der Waals surface area contributed by atoms with E-state index in [1.165, 1.54) is 32.3 Å². The molecule has 0 aliphatic rings. The molecule has 1 aromatic heterocycles. The molecule has 2 heteroatoms. The predicted molar refractivity (Wildman–Crippen MR) is 72.3 cm³/mol. The van der Waals surface area contributed by atoms with E-state index < -0.39 is 0 Å². The molecule has 1 nitrogen and oxygen atoms in total. The monoisotopic (exact) mass is 227 g/mol. The molecular weight excluding hydrogens is 214 g/mol. The molecule has 0 unspecified atom stereocenters. The first-order valence-electron chi connectivity index (χ1n) is 5.34. The molecule has 0 spiro atoms. The summed E-state index contributed by atoms with van der Waals surface area (Å²) in [7, 11) is 0. The van der Waals surface area contributed by atoms with Crippen LogP contribution in [0.25, 0.3) is 21.8 Å². The van der Waals surface area contributed by atoms with E-state index in [4.69, 9.17) is 0 Å². The van der Waals surface area contributed by atoms with Crippen molar-refractivity contribution in [2.45, 2.75) is 11.8 Å². The Balaban J connectivity index is 2.55. The topological polar surface area (TPSA) is 15.8 Å². The summed E-state index contributed by atoms with van der Waals surface area (Å²) < 4.78 is 0. The number of thioether (sulfide) groups is 1. The van der Waals surface area contributed by atoms with Crippen LogP contribution in [0.4, 0.5) is 0 Å². The first-order valence-corrected chi connectivity index (χ1v) is 6.57. The zero-order valence-electron chi connectivity index (χ0n) is 9.37. The number of hydrogen-bond donors (Lipinski definition) is 1. The summed E-state index contributed by atoms with van der Waals surface area (Å²) in [5.41, 5.74) is 3.77. The summed E-state index contributed by atoms with van der Waals surface area (Å²) in [6.45, 7) is 2.14. The summed E-state index contributed by atoms with van der Waals surface area (Å²) in [5.74, 6) is 0. The lowest BCUT2D eigenvalue weighted by Gasteiger charge is -2.01. The SMILES string of the molecule is CSc1cc(C)cc2[nH]c3ccccc3c12. The molecule has 1 N–H and O–H groups in total. The zero-order valence-corrected chi connectivity index (χ0v) is 10.2. The van der Waals surface area contributed by atoms with Crippen molar-refractivity contribution < 1.29 is 0 Å². The van der Waals surface area contributed by atoms with Crippen molar-refractivity contribution in [3.05, 3.63) is 42.0 Å². The lowest BCUT2D eigenvalue weighted by molar-refractivity contribution is 1.41. The van der Waals surface area contributed by atoms with Crippen LogP contribution < -0.4 is 0 Å². The summed E-state index contributed by atoms with van der Waals surface area (Å²) >= 11 is 1.81. The Morgan fingerprint density at radius 2 is 1.88 bits per heavy atom. The van der Waals surface area contributed by atoms with Gasteiger partial charge in [-0.3, -0.25) is 0 Å². The van der Waals surface area contributed by atoms with Crippen molar-refractivity contribution >= 4 is 33.6 Å². The van der Waals surface area contributed by atoms with Crippen LogP contribution in [-0.4, -0.2) is 11.2 Å². The van der Waals surface area contributed by atoms with Crippen LogP contribution in [-0.2, 0) is 0 Å². The fraction of sp³-hybridized carbons (Fsp3) is 0.143. The van der Waals surface area contributed by atoms with Gasteiger partial charge in [0.25, 0.3) is 0 Å². The van der Waals surface area contributed by atoms with Crippen LogP contribution in [0.1, 0.15) is 5.56 Å². The van der Waals surface area contributed by atoms with Crippen molar-refractivity contribution in [1.29, 1.82) is 0 Å². The van der Waals surface area contributed by atoms with Crippen molar-refractivity contribution in [3.8, 4) is 0 Å². The Bertz CT molecular complexity index is 667. The van der Waals surface area contributed by atoms with Gasteiger partial charge in [-0.25, -0.2) is 0 Å². The Kier molecular flexibility index (Phi) is 2.18. The molecule has 1 heterocycles. The molecule has 0 fully saturated rings. The van der Waals surface area contributed by atoms with E-state index in [0.717, 1.165) is 0 Å². The molecule has 2 aromatic carbocycles. The lowest BCUT2D eigenvalue weighted by atomic mass is 10.1. The summed E-state index contributed by atoms with van der Waals surface area (Å²) in [6, 6.07) is 13.0. The maximum atomic E-state index is 3.48. The van der Waals surface area contributed by atoms with Gasteiger partial charge in [0.05, 0.1) is 0 Å². The van der Waals surface area contributed by atoms with Crippen LogP contribution in [0.5, 0.6) is 0 Å². The van der Waals surface area contributed by atoms with Gasteiger partial charge in [0.2, 0.25) is 0 Å². The molecule has 0 atom stereocenters. The molecule has 0 amide bonds. The average molecular weight is 227 g/mol. The Morgan fingerprint density at radius 1 is 1.06 bits per heavy atom. The zero-order chi connectivity index (χ0) is 11.1. The highest BCUT2D eigenvalue weighted by Gasteiger charge is 2.08. The quantitative estimate of drug-likeness (QED) is 0.611. The standard InChI is InChI=1S/C14H13NS/c1-9-7-12-14(13(8-9)16-2)10-5-3-4-6-11(10)15-12/h3-8,15H,1-2H3. The van der Waals surface area contributed by atoms with Crippen molar-refractivity contribution in [1.82, 2.24) is 4.98 Å². The second-order valence-electron chi connectivity index (χ2n) is 4.06.